The van der Waals surface area contributed by atoms with Crippen molar-refractivity contribution >= 4 is 23.6 Å². The first-order chi connectivity index (χ1) is 9.88. The summed E-state index contributed by atoms with van der Waals surface area (Å²) in [6.07, 6.45) is -0.302. The van der Waals surface area contributed by atoms with Gasteiger partial charge in [0.05, 0.1) is 13.0 Å². The van der Waals surface area contributed by atoms with Crippen LogP contribution in [0.3, 0.4) is 0 Å². The van der Waals surface area contributed by atoms with Crippen LogP contribution in [0.15, 0.2) is 24.3 Å². The first-order valence-electron chi connectivity index (χ1n) is 6.51. The Bertz CT molecular complexity index is 478. The van der Waals surface area contributed by atoms with E-state index in [4.69, 9.17) is 21.4 Å². The Labute approximate surface area is 128 Å². The number of carboxylic acid groups (broad SMARTS) is 1. The molecule has 1 aromatic carbocycles. The maximum Gasteiger partial charge on any atom is 0.317 e. The van der Waals surface area contributed by atoms with Crippen molar-refractivity contribution in [2.24, 2.45) is 0 Å². The van der Waals surface area contributed by atoms with Crippen LogP contribution in [-0.2, 0) is 4.79 Å². The SMILES string of the molecule is C[C@@H](CNC(=O)N(C)CCC(=O)O)Oc1ccc(Cl)cc1. The van der Waals surface area contributed by atoms with E-state index in [1.165, 1.54) is 4.90 Å². The Morgan fingerprint density at radius 1 is 1.38 bits per heavy atom. The second-order valence-electron chi connectivity index (χ2n) is 4.63. The van der Waals surface area contributed by atoms with Gasteiger partial charge in [-0.3, -0.25) is 4.79 Å². The van der Waals surface area contributed by atoms with Gasteiger partial charge in [-0.25, -0.2) is 4.79 Å². The third kappa shape index (κ3) is 6.85. The summed E-state index contributed by atoms with van der Waals surface area (Å²) >= 11 is 5.78. The van der Waals surface area contributed by atoms with Crippen LogP contribution in [0.1, 0.15) is 13.3 Å². The molecule has 1 aromatic rings. The fourth-order valence-electron chi connectivity index (χ4n) is 1.52. The number of benzene rings is 1. The number of rotatable bonds is 7. The second kappa shape index (κ2) is 8.36. The predicted octanol–water partition coefficient (Wildman–Crippen LogP) is 2.22. The Balaban J connectivity index is 2.31. The lowest BCUT2D eigenvalue weighted by atomic mass is 10.3. The number of amides is 2. The summed E-state index contributed by atoms with van der Waals surface area (Å²) in [7, 11) is 1.54. The number of hydrogen-bond donors (Lipinski definition) is 2. The van der Waals surface area contributed by atoms with E-state index in [9.17, 15) is 9.59 Å². The minimum absolute atomic E-state index is 0.0826. The molecule has 2 N–H and O–H groups in total. The summed E-state index contributed by atoms with van der Waals surface area (Å²) in [5.74, 6) is -0.269. The highest BCUT2D eigenvalue weighted by Crippen LogP contribution is 2.16. The zero-order valence-corrected chi connectivity index (χ0v) is 12.8. The molecule has 0 bridgehead atoms. The Morgan fingerprint density at radius 2 is 2.00 bits per heavy atom. The van der Waals surface area contributed by atoms with Gasteiger partial charge in [-0.15, -0.1) is 0 Å². The predicted molar refractivity (Wildman–Crippen MR) is 79.8 cm³/mol. The van der Waals surface area contributed by atoms with E-state index in [1.54, 1.807) is 31.3 Å². The number of carboxylic acids is 1. The molecule has 116 valence electrons. The molecule has 0 spiro atoms. The largest absolute Gasteiger partial charge is 0.489 e. The van der Waals surface area contributed by atoms with Crippen LogP contribution in [-0.4, -0.2) is 48.2 Å². The van der Waals surface area contributed by atoms with Gasteiger partial charge in [0.1, 0.15) is 11.9 Å². The van der Waals surface area contributed by atoms with Crippen molar-refractivity contribution in [1.29, 1.82) is 0 Å². The molecule has 0 saturated heterocycles. The van der Waals surface area contributed by atoms with E-state index < -0.39 is 5.97 Å². The van der Waals surface area contributed by atoms with Crippen LogP contribution in [0.5, 0.6) is 5.75 Å². The average Bonchev–Trinajstić information content (AvgIpc) is 2.44. The Morgan fingerprint density at radius 3 is 2.57 bits per heavy atom. The van der Waals surface area contributed by atoms with E-state index in [0.717, 1.165) is 0 Å². The van der Waals surface area contributed by atoms with Crippen molar-refractivity contribution in [3.8, 4) is 5.75 Å². The lowest BCUT2D eigenvalue weighted by Gasteiger charge is -2.20. The molecule has 0 aliphatic heterocycles. The lowest BCUT2D eigenvalue weighted by Crippen LogP contribution is -2.42. The number of hydrogen-bond acceptors (Lipinski definition) is 3. The summed E-state index contributed by atoms with van der Waals surface area (Å²) in [5.41, 5.74) is 0. The highest BCUT2D eigenvalue weighted by Gasteiger charge is 2.12. The van der Waals surface area contributed by atoms with Crippen LogP contribution >= 0.6 is 11.6 Å². The second-order valence-corrected chi connectivity index (χ2v) is 5.07. The smallest absolute Gasteiger partial charge is 0.317 e. The highest BCUT2D eigenvalue weighted by atomic mass is 35.5. The third-order valence-corrected chi connectivity index (χ3v) is 2.95. The first-order valence-corrected chi connectivity index (χ1v) is 6.89. The number of halogens is 1. The van der Waals surface area contributed by atoms with Crippen LogP contribution < -0.4 is 10.1 Å². The maximum atomic E-state index is 11.7. The van der Waals surface area contributed by atoms with Gasteiger partial charge in [-0.1, -0.05) is 11.6 Å². The summed E-state index contributed by atoms with van der Waals surface area (Å²) in [4.78, 5) is 23.5. The number of carbonyl (C=O) groups excluding carboxylic acids is 1. The normalized spacial score (nSPS) is 11.6. The fraction of sp³-hybridized carbons (Fsp3) is 0.429. The number of nitrogens with one attached hydrogen (secondary N) is 1. The summed E-state index contributed by atoms with van der Waals surface area (Å²) in [5, 5.41) is 11.9. The van der Waals surface area contributed by atoms with Crippen molar-refractivity contribution in [1.82, 2.24) is 10.2 Å². The lowest BCUT2D eigenvalue weighted by molar-refractivity contribution is -0.137. The molecule has 1 atom stereocenters. The summed E-state index contributed by atoms with van der Waals surface area (Å²) in [6.45, 7) is 2.30. The van der Waals surface area contributed by atoms with Gasteiger partial charge in [0.15, 0.2) is 0 Å². The molecule has 0 aromatic heterocycles. The molecule has 7 heteroatoms. The first kappa shape index (κ1) is 17.1. The third-order valence-electron chi connectivity index (χ3n) is 2.70. The van der Waals surface area contributed by atoms with Crippen molar-refractivity contribution in [3.05, 3.63) is 29.3 Å². The van der Waals surface area contributed by atoms with Crippen LogP contribution in [0, 0.1) is 0 Å². The van der Waals surface area contributed by atoms with E-state index in [-0.39, 0.29) is 25.1 Å². The molecule has 1 rings (SSSR count). The zero-order chi connectivity index (χ0) is 15.8. The number of nitrogens with zero attached hydrogens (tertiary/aromatic N) is 1. The highest BCUT2D eigenvalue weighted by molar-refractivity contribution is 6.30. The van der Waals surface area contributed by atoms with Gasteiger partial charge >= 0.3 is 12.0 Å². The van der Waals surface area contributed by atoms with E-state index >= 15 is 0 Å². The van der Waals surface area contributed by atoms with Crippen molar-refractivity contribution < 1.29 is 19.4 Å². The van der Waals surface area contributed by atoms with Gasteiger partial charge < -0.3 is 20.1 Å². The Hall–Kier alpha value is -1.95. The molecule has 0 aliphatic rings. The molecule has 21 heavy (non-hydrogen) atoms. The van der Waals surface area contributed by atoms with Gasteiger partial charge in [0, 0.05) is 18.6 Å². The topological polar surface area (TPSA) is 78.9 Å². The van der Waals surface area contributed by atoms with Gasteiger partial charge in [-0.05, 0) is 31.2 Å². The van der Waals surface area contributed by atoms with Crippen molar-refractivity contribution in [2.45, 2.75) is 19.4 Å². The number of carbonyl (C=O) groups is 2. The van der Waals surface area contributed by atoms with E-state index in [0.29, 0.717) is 17.3 Å². The molecule has 0 heterocycles. The summed E-state index contributed by atoms with van der Waals surface area (Å²) < 4.78 is 5.61. The Kier molecular flexibility index (Phi) is 6.81. The number of aliphatic carboxylic acids is 1. The van der Waals surface area contributed by atoms with Gasteiger partial charge in [0.25, 0.3) is 0 Å². The molecule has 0 unspecified atom stereocenters. The van der Waals surface area contributed by atoms with Gasteiger partial charge in [-0.2, -0.15) is 0 Å². The van der Waals surface area contributed by atoms with Crippen LogP contribution in [0.4, 0.5) is 4.79 Å². The molecule has 2 amide bonds. The van der Waals surface area contributed by atoms with Crippen molar-refractivity contribution in [2.75, 3.05) is 20.1 Å². The molecular formula is C14H19ClN2O4. The van der Waals surface area contributed by atoms with Crippen LogP contribution in [0.2, 0.25) is 5.02 Å². The molecular weight excluding hydrogens is 296 g/mol. The minimum atomic E-state index is -0.936. The quantitative estimate of drug-likeness (QED) is 0.809. The van der Waals surface area contributed by atoms with Crippen molar-refractivity contribution in [3.63, 3.8) is 0 Å². The average molecular weight is 315 g/mol. The standard InChI is InChI=1S/C14H19ClN2O4/c1-10(21-12-5-3-11(15)4-6-12)9-16-14(20)17(2)8-7-13(18)19/h3-6,10H,7-9H2,1-2H3,(H,16,20)(H,18,19)/t10-/m0/s1. The molecule has 0 aliphatic carbocycles. The molecule has 6 nitrogen and oxygen atoms in total. The number of urea groups is 1. The molecule has 0 radical (unpaired) electrons. The zero-order valence-electron chi connectivity index (χ0n) is 12.0. The van der Waals surface area contributed by atoms with Gasteiger partial charge in [0.2, 0.25) is 0 Å². The maximum absolute atomic E-state index is 11.7. The number of ether oxygens (including phenoxy) is 1. The fourth-order valence-corrected chi connectivity index (χ4v) is 1.64. The monoisotopic (exact) mass is 314 g/mol. The van der Waals surface area contributed by atoms with E-state index in [2.05, 4.69) is 5.32 Å². The molecule has 0 fully saturated rings. The summed E-state index contributed by atoms with van der Waals surface area (Å²) in [6, 6.07) is 6.62. The molecule has 0 saturated carbocycles. The van der Waals surface area contributed by atoms with E-state index in [1.807, 2.05) is 6.92 Å². The van der Waals surface area contributed by atoms with Crippen LogP contribution in [0.25, 0.3) is 0 Å². The minimum Gasteiger partial charge on any atom is -0.489 e.